The highest BCUT2D eigenvalue weighted by Crippen LogP contribution is 2.35. The van der Waals surface area contributed by atoms with Gasteiger partial charge in [-0.05, 0) is 24.8 Å². The molecule has 0 aliphatic carbocycles. The van der Waals surface area contributed by atoms with E-state index < -0.39 is 16.3 Å². The van der Waals surface area contributed by atoms with Crippen LogP contribution in [0.3, 0.4) is 0 Å². The normalized spacial score (nSPS) is 14.2. The second-order valence-electron chi connectivity index (χ2n) is 5.09. The Bertz CT molecular complexity index is 515. The summed E-state index contributed by atoms with van der Waals surface area (Å²) >= 11 is 5.99. The standard InChI is InChI=1S/C13H16ClNO4/c1-8(2)13(3,12(16)17)7-9-4-5-10(15(18)19)6-11(9)14/h4-6,8H,7H2,1-3H3,(H,16,17). The summed E-state index contributed by atoms with van der Waals surface area (Å²) in [5, 5.41) is 20.2. The third-order valence-corrected chi connectivity index (χ3v) is 3.92. The van der Waals surface area contributed by atoms with Gasteiger partial charge in [0.25, 0.3) is 5.69 Å². The molecule has 1 aromatic rings. The lowest BCUT2D eigenvalue weighted by molar-refractivity contribution is -0.384. The van der Waals surface area contributed by atoms with E-state index in [0.717, 1.165) is 0 Å². The van der Waals surface area contributed by atoms with Gasteiger partial charge >= 0.3 is 5.97 Å². The number of rotatable bonds is 5. The largest absolute Gasteiger partial charge is 0.481 e. The maximum Gasteiger partial charge on any atom is 0.309 e. The van der Waals surface area contributed by atoms with Gasteiger partial charge in [-0.3, -0.25) is 14.9 Å². The molecule has 1 N–H and O–H groups in total. The number of carboxylic acid groups (broad SMARTS) is 1. The zero-order valence-corrected chi connectivity index (χ0v) is 11.8. The average Bonchev–Trinajstić information content (AvgIpc) is 2.30. The van der Waals surface area contributed by atoms with E-state index in [2.05, 4.69) is 0 Å². The highest BCUT2D eigenvalue weighted by atomic mass is 35.5. The van der Waals surface area contributed by atoms with Crippen LogP contribution in [-0.4, -0.2) is 16.0 Å². The van der Waals surface area contributed by atoms with E-state index in [0.29, 0.717) is 5.56 Å². The predicted octanol–water partition coefficient (Wildman–Crippen LogP) is 3.54. The third-order valence-electron chi connectivity index (χ3n) is 3.57. The molecule has 0 saturated heterocycles. The number of benzene rings is 1. The first-order chi connectivity index (χ1) is 8.68. The van der Waals surface area contributed by atoms with Crippen molar-refractivity contribution >= 4 is 23.3 Å². The van der Waals surface area contributed by atoms with Gasteiger partial charge < -0.3 is 5.11 Å². The Kier molecular flexibility index (Phi) is 4.52. The Balaban J connectivity index is 3.12. The zero-order chi connectivity index (χ0) is 14.8. The number of carboxylic acids is 1. The van der Waals surface area contributed by atoms with Crippen LogP contribution < -0.4 is 0 Å². The van der Waals surface area contributed by atoms with Crippen molar-refractivity contribution in [1.29, 1.82) is 0 Å². The van der Waals surface area contributed by atoms with E-state index in [1.807, 2.05) is 13.8 Å². The molecule has 19 heavy (non-hydrogen) atoms. The van der Waals surface area contributed by atoms with Crippen LogP contribution in [0.25, 0.3) is 0 Å². The summed E-state index contributed by atoms with van der Waals surface area (Å²) in [5.74, 6) is -0.992. The topological polar surface area (TPSA) is 80.4 Å². The summed E-state index contributed by atoms with van der Waals surface area (Å²) in [4.78, 5) is 21.5. The predicted molar refractivity (Wildman–Crippen MR) is 72.4 cm³/mol. The summed E-state index contributed by atoms with van der Waals surface area (Å²) in [6.07, 6.45) is 0.233. The molecule has 0 bridgehead atoms. The van der Waals surface area contributed by atoms with E-state index in [-0.39, 0.29) is 23.0 Å². The number of carbonyl (C=O) groups is 1. The van der Waals surface area contributed by atoms with E-state index in [9.17, 15) is 20.0 Å². The number of halogens is 1. The molecule has 1 atom stereocenters. The first kappa shape index (κ1) is 15.4. The van der Waals surface area contributed by atoms with Crippen molar-refractivity contribution in [2.24, 2.45) is 11.3 Å². The first-order valence-electron chi connectivity index (χ1n) is 5.84. The number of aliphatic carboxylic acids is 1. The fourth-order valence-electron chi connectivity index (χ4n) is 1.72. The molecule has 1 aromatic carbocycles. The molecule has 0 aliphatic heterocycles. The van der Waals surface area contributed by atoms with Crippen LogP contribution in [0, 0.1) is 21.4 Å². The summed E-state index contributed by atoms with van der Waals surface area (Å²) in [6, 6.07) is 4.10. The zero-order valence-electron chi connectivity index (χ0n) is 11.0. The minimum Gasteiger partial charge on any atom is -0.481 e. The van der Waals surface area contributed by atoms with E-state index >= 15 is 0 Å². The molecule has 5 nitrogen and oxygen atoms in total. The minimum absolute atomic E-state index is 0.0868. The molecule has 1 rings (SSSR count). The van der Waals surface area contributed by atoms with Crippen LogP contribution in [0.5, 0.6) is 0 Å². The number of nitrogens with zero attached hydrogens (tertiary/aromatic N) is 1. The Morgan fingerprint density at radius 2 is 2.11 bits per heavy atom. The Morgan fingerprint density at radius 1 is 1.53 bits per heavy atom. The van der Waals surface area contributed by atoms with E-state index in [1.54, 1.807) is 6.92 Å². The van der Waals surface area contributed by atoms with Gasteiger partial charge in [-0.25, -0.2) is 0 Å². The fraction of sp³-hybridized carbons (Fsp3) is 0.462. The van der Waals surface area contributed by atoms with Crippen LogP contribution in [0.2, 0.25) is 5.02 Å². The quantitative estimate of drug-likeness (QED) is 0.663. The number of nitro benzene ring substituents is 1. The molecular weight excluding hydrogens is 270 g/mol. The van der Waals surface area contributed by atoms with Crippen molar-refractivity contribution in [3.05, 3.63) is 38.9 Å². The van der Waals surface area contributed by atoms with Crippen molar-refractivity contribution in [3.8, 4) is 0 Å². The molecule has 0 fully saturated rings. The molecular formula is C13H16ClNO4. The van der Waals surface area contributed by atoms with Gasteiger partial charge in [0, 0.05) is 12.1 Å². The molecule has 0 spiro atoms. The van der Waals surface area contributed by atoms with Gasteiger partial charge in [0.2, 0.25) is 0 Å². The molecule has 0 heterocycles. The van der Waals surface area contributed by atoms with Gasteiger partial charge in [-0.2, -0.15) is 0 Å². The van der Waals surface area contributed by atoms with Crippen molar-refractivity contribution in [3.63, 3.8) is 0 Å². The lowest BCUT2D eigenvalue weighted by Crippen LogP contribution is -2.35. The summed E-state index contributed by atoms with van der Waals surface area (Å²) in [7, 11) is 0. The Morgan fingerprint density at radius 3 is 2.47 bits per heavy atom. The van der Waals surface area contributed by atoms with Crippen LogP contribution in [0.4, 0.5) is 5.69 Å². The molecule has 6 heteroatoms. The number of nitro groups is 1. The van der Waals surface area contributed by atoms with Crippen LogP contribution in [-0.2, 0) is 11.2 Å². The van der Waals surface area contributed by atoms with E-state index in [4.69, 9.17) is 11.6 Å². The maximum atomic E-state index is 11.4. The molecule has 0 aliphatic rings. The summed E-state index contributed by atoms with van der Waals surface area (Å²) in [6.45, 7) is 5.30. The van der Waals surface area contributed by atoms with Crippen LogP contribution >= 0.6 is 11.6 Å². The van der Waals surface area contributed by atoms with Gasteiger partial charge in [0.1, 0.15) is 0 Å². The van der Waals surface area contributed by atoms with Gasteiger partial charge in [-0.1, -0.05) is 31.5 Å². The maximum absolute atomic E-state index is 11.4. The third kappa shape index (κ3) is 3.23. The second-order valence-corrected chi connectivity index (χ2v) is 5.49. The fourth-order valence-corrected chi connectivity index (χ4v) is 1.96. The monoisotopic (exact) mass is 285 g/mol. The molecule has 1 unspecified atom stereocenters. The molecule has 0 amide bonds. The van der Waals surface area contributed by atoms with Crippen molar-refractivity contribution in [1.82, 2.24) is 0 Å². The van der Waals surface area contributed by atoms with Gasteiger partial charge in [0.15, 0.2) is 0 Å². The SMILES string of the molecule is CC(C)C(C)(Cc1ccc([N+](=O)[O-])cc1Cl)C(=O)O. The smallest absolute Gasteiger partial charge is 0.309 e. The Hall–Kier alpha value is -1.62. The molecule has 0 aromatic heterocycles. The van der Waals surface area contributed by atoms with Gasteiger partial charge in [0.05, 0.1) is 15.4 Å². The first-order valence-corrected chi connectivity index (χ1v) is 6.22. The molecule has 0 radical (unpaired) electrons. The lowest BCUT2D eigenvalue weighted by atomic mass is 9.74. The van der Waals surface area contributed by atoms with Crippen molar-refractivity contribution < 1.29 is 14.8 Å². The number of hydrogen-bond donors (Lipinski definition) is 1. The molecule has 0 saturated carbocycles. The lowest BCUT2D eigenvalue weighted by Gasteiger charge is -2.29. The summed E-state index contributed by atoms with van der Waals surface area (Å²) < 4.78 is 0. The number of hydrogen-bond acceptors (Lipinski definition) is 3. The van der Waals surface area contributed by atoms with Crippen molar-refractivity contribution in [2.75, 3.05) is 0 Å². The van der Waals surface area contributed by atoms with Crippen LogP contribution in [0.15, 0.2) is 18.2 Å². The van der Waals surface area contributed by atoms with Gasteiger partial charge in [-0.15, -0.1) is 0 Å². The Labute approximate surface area is 116 Å². The highest BCUT2D eigenvalue weighted by Gasteiger charge is 2.37. The minimum atomic E-state index is -0.959. The average molecular weight is 286 g/mol. The van der Waals surface area contributed by atoms with Crippen LogP contribution in [0.1, 0.15) is 26.3 Å². The second kappa shape index (κ2) is 5.57. The summed E-state index contributed by atoms with van der Waals surface area (Å²) in [5.41, 5.74) is -0.457. The molecule has 104 valence electrons. The highest BCUT2D eigenvalue weighted by molar-refractivity contribution is 6.31. The van der Waals surface area contributed by atoms with Crippen molar-refractivity contribution in [2.45, 2.75) is 27.2 Å². The number of non-ortho nitro benzene ring substituents is 1. The van der Waals surface area contributed by atoms with E-state index in [1.165, 1.54) is 18.2 Å².